The number of hydrogen-bond donors (Lipinski definition) is 1. The monoisotopic (exact) mass is 355 g/mol. The molecule has 2 aromatic carbocycles. The van der Waals surface area contributed by atoms with Crippen LogP contribution in [-0.4, -0.2) is 33.3 Å². The minimum absolute atomic E-state index is 0.238. The summed E-state index contributed by atoms with van der Waals surface area (Å²) in [5.74, 6) is 1.67. The van der Waals surface area contributed by atoms with Crippen molar-refractivity contribution in [2.24, 2.45) is 0 Å². The van der Waals surface area contributed by atoms with Crippen molar-refractivity contribution in [2.75, 3.05) is 27.4 Å². The van der Waals surface area contributed by atoms with Crippen molar-refractivity contribution in [3.8, 4) is 17.2 Å². The average molecular weight is 355 g/mol. The normalized spacial score (nSPS) is 12.8. The van der Waals surface area contributed by atoms with E-state index in [4.69, 9.17) is 14.2 Å². The van der Waals surface area contributed by atoms with Gasteiger partial charge in [0.15, 0.2) is 0 Å². The Morgan fingerprint density at radius 3 is 2.35 bits per heavy atom. The third-order valence-corrected chi connectivity index (χ3v) is 4.65. The van der Waals surface area contributed by atoms with E-state index in [9.17, 15) is 4.79 Å². The van der Waals surface area contributed by atoms with E-state index in [2.05, 4.69) is 11.4 Å². The van der Waals surface area contributed by atoms with Crippen molar-refractivity contribution in [3.63, 3.8) is 0 Å². The van der Waals surface area contributed by atoms with Crippen molar-refractivity contribution in [1.29, 1.82) is 0 Å². The highest BCUT2D eigenvalue weighted by Crippen LogP contribution is 2.30. The van der Waals surface area contributed by atoms with Crippen LogP contribution < -0.4 is 19.5 Å². The van der Waals surface area contributed by atoms with Crippen LogP contribution in [0.5, 0.6) is 17.2 Å². The van der Waals surface area contributed by atoms with Gasteiger partial charge in [0.25, 0.3) is 5.91 Å². The highest BCUT2D eigenvalue weighted by molar-refractivity contribution is 5.99. The lowest BCUT2D eigenvalue weighted by Crippen LogP contribution is -2.29. The number of carbonyl (C=O) groups excluding carboxylic acids is 1. The molecule has 1 aliphatic carbocycles. The van der Waals surface area contributed by atoms with E-state index in [1.807, 2.05) is 12.1 Å². The molecule has 0 heterocycles. The molecule has 0 atom stereocenters. The fourth-order valence-corrected chi connectivity index (χ4v) is 3.37. The van der Waals surface area contributed by atoms with Gasteiger partial charge in [0, 0.05) is 0 Å². The van der Waals surface area contributed by atoms with Crippen molar-refractivity contribution in [3.05, 3.63) is 53.1 Å². The number of fused-ring (bicyclic) bond motifs is 1. The zero-order valence-electron chi connectivity index (χ0n) is 15.3. The molecule has 138 valence electrons. The maximum atomic E-state index is 12.5. The third kappa shape index (κ3) is 3.93. The summed E-state index contributed by atoms with van der Waals surface area (Å²) in [6.45, 7) is 0.823. The lowest BCUT2D eigenvalue weighted by atomic mass is 9.91. The van der Waals surface area contributed by atoms with Gasteiger partial charge < -0.3 is 19.5 Å². The molecule has 0 fully saturated rings. The Kier molecular flexibility index (Phi) is 6.00. The second kappa shape index (κ2) is 8.61. The predicted molar refractivity (Wildman–Crippen MR) is 100 cm³/mol. The molecular formula is C21H25NO4. The molecule has 0 bridgehead atoms. The molecule has 2 aromatic rings. The first kappa shape index (κ1) is 18.1. The number of aryl methyl sites for hydroxylation is 1. The third-order valence-electron chi connectivity index (χ3n) is 4.65. The molecule has 0 unspecified atom stereocenters. The van der Waals surface area contributed by atoms with Crippen LogP contribution >= 0.6 is 0 Å². The molecule has 5 nitrogen and oxygen atoms in total. The maximum Gasteiger partial charge on any atom is 0.258 e. The summed E-state index contributed by atoms with van der Waals surface area (Å²) in [5, 5.41) is 2.87. The summed E-state index contributed by atoms with van der Waals surface area (Å²) in [4.78, 5) is 12.5. The molecule has 1 aliphatic rings. The van der Waals surface area contributed by atoms with Gasteiger partial charge in [0.2, 0.25) is 0 Å². The smallest absolute Gasteiger partial charge is 0.258 e. The largest absolute Gasteiger partial charge is 0.496 e. The molecule has 0 saturated carbocycles. The van der Waals surface area contributed by atoms with Crippen molar-refractivity contribution < 1.29 is 19.0 Å². The van der Waals surface area contributed by atoms with Gasteiger partial charge in [-0.25, -0.2) is 0 Å². The topological polar surface area (TPSA) is 56.8 Å². The first-order valence-electron chi connectivity index (χ1n) is 8.97. The summed E-state index contributed by atoms with van der Waals surface area (Å²) >= 11 is 0. The number of benzene rings is 2. The quantitative estimate of drug-likeness (QED) is 0.774. The van der Waals surface area contributed by atoms with E-state index < -0.39 is 0 Å². The van der Waals surface area contributed by atoms with Gasteiger partial charge >= 0.3 is 0 Å². The summed E-state index contributed by atoms with van der Waals surface area (Å²) in [6, 6.07) is 11.5. The summed E-state index contributed by atoms with van der Waals surface area (Å²) in [5.41, 5.74) is 3.10. The van der Waals surface area contributed by atoms with Gasteiger partial charge in [-0.3, -0.25) is 4.79 Å². The fourth-order valence-electron chi connectivity index (χ4n) is 3.37. The molecule has 0 radical (unpaired) electrons. The number of nitrogens with one attached hydrogen (secondary N) is 1. The van der Waals surface area contributed by atoms with Crippen LogP contribution in [0, 0.1) is 0 Å². The minimum Gasteiger partial charge on any atom is -0.496 e. The number of ether oxygens (including phenoxy) is 3. The Bertz CT molecular complexity index is 750. The zero-order chi connectivity index (χ0) is 18.4. The van der Waals surface area contributed by atoms with E-state index in [0.717, 1.165) is 18.6 Å². The molecule has 1 amide bonds. The van der Waals surface area contributed by atoms with Gasteiger partial charge in [-0.05, 0) is 55.0 Å². The van der Waals surface area contributed by atoms with Gasteiger partial charge in [-0.15, -0.1) is 0 Å². The predicted octanol–water partition coefficient (Wildman–Crippen LogP) is 3.39. The second-order valence-corrected chi connectivity index (χ2v) is 6.24. The lowest BCUT2D eigenvalue weighted by molar-refractivity contribution is 0.0940. The fraction of sp³-hybridized carbons (Fsp3) is 0.381. The number of hydrogen-bond acceptors (Lipinski definition) is 4. The maximum absolute atomic E-state index is 12.5. The SMILES string of the molecule is COc1cccc(OC)c1C(=O)NCCOc1cccc2c1CCCC2. The number of amides is 1. The van der Waals surface area contributed by atoms with E-state index in [1.54, 1.807) is 18.2 Å². The molecule has 5 heteroatoms. The highest BCUT2D eigenvalue weighted by Gasteiger charge is 2.18. The van der Waals surface area contributed by atoms with Crippen molar-refractivity contribution in [1.82, 2.24) is 5.32 Å². The Labute approximate surface area is 154 Å². The Morgan fingerprint density at radius 2 is 1.62 bits per heavy atom. The van der Waals surface area contributed by atoms with Crippen LogP contribution in [-0.2, 0) is 12.8 Å². The Balaban J connectivity index is 1.59. The molecular weight excluding hydrogens is 330 g/mol. The number of methoxy groups -OCH3 is 2. The molecule has 0 aromatic heterocycles. The minimum atomic E-state index is -0.238. The van der Waals surface area contributed by atoms with Crippen molar-refractivity contribution >= 4 is 5.91 Å². The van der Waals surface area contributed by atoms with Crippen LogP contribution in [0.4, 0.5) is 0 Å². The van der Waals surface area contributed by atoms with E-state index in [1.165, 1.54) is 38.2 Å². The van der Waals surface area contributed by atoms with Crippen LogP contribution in [0.2, 0.25) is 0 Å². The Hall–Kier alpha value is -2.69. The first-order valence-corrected chi connectivity index (χ1v) is 8.97. The van der Waals surface area contributed by atoms with Crippen molar-refractivity contribution in [2.45, 2.75) is 25.7 Å². The molecule has 0 saturated heterocycles. The van der Waals surface area contributed by atoms with Gasteiger partial charge in [-0.1, -0.05) is 18.2 Å². The van der Waals surface area contributed by atoms with Crippen LogP contribution in [0.1, 0.15) is 34.3 Å². The summed E-state index contributed by atoms with van der Waals surface area (Å²) in [7, 11) is 3.07. The highest BCUT2D eigenvalue weighted by atomic mass is 16.5. The summed E-state index contributed by atoms with van der Waals surface area (Å²) in [6.07, 6.45) is 4.64. The van der Waals surface area contributed by atoms with Crippen LogP contribution in [0.15, 0.2) is 36.4 Å². The van der Waals surface area contributed by atoms with E-state index >= 15 is 0 Å². The van der Waals surface area contributed by atoms with E-state index in [0.29, 0.717) is 30.2 Å². The summed E-state index contributed by atoms with van der Waals surface area (Å²) < 4.78 is 16.5. The van der Waals surface area contributed by atoms with Gasteiger partial charge in [0.05, 0.1) is 20.8 Å². The first-order chi connectivity index (χ1) is 12.7. The van der Waals surface area contributed by atoms with E-state index in [-0.39, 0.29) is 5.91 Å². The van der Waals surface area contributed by atoms with Crippen LogP contribution in [0.25, 0.3) is 0 Å². The van der Waals surface area contributed by atoms with Crippen LogP contribution in [0.3, 0.4) is 0 Å². The molecule has 26 heavy (non-hydrogen) atoms. The molecule has 0 spiro atoms. The molecule has 0 aliphatic heterocycles. The standard InChI is InChI=1S/C21H25NO4/c1-24-18-11-6-12-19(25-2)20(18)21(23)22-13-14-26-17-10-5-8-15-7-3-4-9-16(15)17/h5-6,8,10-12H,3-4,7,9,13-14H2,1-2H3,(H,22,23). The lowest BCUT2D eigenvalue weighted by Gasteiger charge is -2.19. The number of carbonyl (C=O) groups is 1. The number of rotatable bonds is 7. The van der Waals surface area contributed by atoms with Gasteiger partial charge in [-0.2, -0.15) is 0 Å². The molecule has 3 rings (SSSR count). The average Bonchev–Trinajstić information content (AvgIpc) is 2.70. The molecule has 1 N–H and O–H groups in total. The Morgan fingerprint density at radius 1 is 0.962 bits per heavy atom. The van der Waals surface area contributed by atoms with Gasteiger partial charge in [0.1, 0.15) is 29.4 Å². The zero-order valence-corrected chi connectivity index (χ0v) is 15.3. The second-order valence-electron chi connectivity index (χ2n) is 6.24.